The lowest BCUT2D eigenvalue weighted by Gasteiger charge is -2.22. The summed E-state index contributed by atoms with van der Waals surface area (Å²) in [4.78, 5) is 11.9. The van der Waals surface area contributed by atoms with Crippen molar-refractivity contribution in [1.82, 2.24) is 5.32 Å². The van der Waals surface area contributed by atoms with E-state index in [-0.39, 0.29) is 25.5 Å². The smallest absolute Gasteiger partial charge is 0.224 e. The molecule has 0 saturated heterocycles. The lowest BCUT2D eigenvalue weighted by molar-refractivity contribution is -0.122. The lowest BCUT2D eigenvalue weighted by Crippen LogP contribution is -2.44. The number of hydrogen-bond donors (Lipinski definition) is 2. The number of amides is 1. The Bertz CT molecular complexity index is 473. The topological polar surface area (TPSA) is 77.0 Å². The summed E-state index contributed by atoms with van der Waals surface area (Å²) >= 11 is 0. The van der Waals surface area contributed by atoms with Crippen molar-refractivity contribution in [3.63, 3.8) is 0 Å². The fraction of sp³-hybridized carbons (Fsp3) is 0.533. The standard InChI is InChI=1S/C15H23NO5/c1-15(18,10-19-2)9-16-14(17)8-11-5-6-12(20-3)13(7-11)21-4/h5-7,18H,8-10H2,1-4H3,(H,16,17). The SMILES string of the molecule is COCC(C)(O)CNC(=O)Cc1ccc(OC)c(OC)c1. The minimum atomic E-state index is -1.08. The molecule has 1 rings (SSSR count). The van der Waals surface area contributed by atoms with Crippen molar-refractivity contribution in [1.29, 1.82) is 0 Å². The van der Waals surface area contributed by atoms with Crippen molar-refractivity contribution in [3.05, 3.63) is 23.8 Å². The van der Waals surface area contributed by atoms with Gasteiger partial charge in [-0.25, -0.2) is 0 Å². The van der Waals surface area contributed by atoms with Crippen LogP contribution in [0.1, 0.15) is 12.5 Å². The summed E-state index contributed by atoms with van der Waals surface area (Å²) in [5.74, 6) is 1.01. The van der Waals surface area contributed by atoms with Crippen LogP contribution in [0.3, 0.4) is 0 Å². The van der Waals surface area contributed by atoms with Gasteiger partial charge < -0.3 is 24.6 Å². The van der Waals surface area contributed by atoms with Crippen LogP contribution in [0.5, 0.6) is 11.5 Å². The highest BCUT2D eigenvalue weighted by molar-refractivity contribution is 5.78. The molecule has 0 aromatic heterocycles. The number of ether oxygens (including phenoxy) is 3. The summed E-state index contributed by atoms with van der Waals surface area (Å²) in [5, 5.41) is 12.6. The molecule has 6 heteroatoms. The van der Waals surface area contributed by atoms with Crippen molar-refractivity contribution in [2.24, 2.45) is 0 Å². The van der Waals surface area contributed by atoms with Crippen LogP contribution in [0.15, 0.2) is 18.2 Å². The fourth-order valence-electron chi connectivity index (χ4n) is 1.89. The third-order valence-electron chi connectivity index (χ3n) is 2.93. The third kappa shape index (κ3) is 5.61. The highest BCUT2D eigenvalue weighted by Gasteiger charge is 2.21. The molecule has 1 atom stereocenters. The first-order valence-corrected chi connectivity index (χ1v) is 6.61. The van der Waals surface area contributed by atoms with Crippen LogP contribution in [0.4, 0.5) is 0 Å². The van der Waals surface area contributed by atoms with E-state index in [1.165, 1.54) is 7.11 Å². The Balaban J connectivity index is 2.59. The molecular weight excluding hydrogens is 274 g/mol. The molecule has 1 unspecified atom stereocenters. The van der Waals surface area contributed by atoms with Crippen LogP contribution in [0.2, 0.25) is 0 Å². The Morgan fingerprint density at radius 2 is 1.90 bits per heavy atom. The van der Waals surface area contributed by atoms with Gasteiger partial charge in [0, 0.05) is 13.7 Å². The first kappa shape index (κ1) is 17.3. The Morgan fingerprint density at radius 3 is 2.48 bits per heavy atom. The number of nitrogens with one attached hydrogen (secondary N) is 1. The predicted molar refractivity (Wildman–Crippen MR) is 78.8 cm³/mol. The summed E-state index contributed by atoms with van der Waals surface area (Å²) in [7, 11) is 4.60. The maximum atomic E-state index is 11.9. The number of hydrogen-bond acceptors (Lipinski definition) is 5. The molecular formula is C15H23NO5. The zero-order valence-electron chi connectivity index (χ0n) is 12.9. The van der Waals surface area contributed by atoms with E-state index in [1.54, 1.807) is 39.3 Å². The summed E-state index contributed by atoms with van der Waals surface area (Å²) in [6, 6.07) is 5.31. The molecule has 6 nitrogen and oxygen atoms in total. The molecule has 2 N–H and O–H groups in total. The molecule has 0 radical (unpaired) electrons. The second kappa shape index (κ2) is 7.85. The Labute approximate surface area is 125 Å². The van der Waals surface area contributed by atoms with Crippen LogP contribution < -0.4 is 14.8 Å². The molecule has 0 bridgehead atoms. The van der Waals surface area contributed by atoms with E-state index in [1.807, 2.05) is 0 Å². The van der Waals surface area contributed by atoms with E-state index >= 15 is 0 Å². The van der Waals surface area contributed by atoms with Crippen molar-refractivity contribution in [2.45, 2.75) is 18.9 Å². The molecule has 0 fully saturated rings. The number of rotatable bonds is 8. The van der Waals surface area contributed by atoms with Crippen LogP contribution in [-0.2, 0) is 16.0 Å². The van der Waals surface area contributed by atoms with Gasteiger partial charge in [-0.15, -0.1) is 0 Å². The number of benzene rings is 1. The van der Waals surface area contributed by atoms with Crippen molar-refractivity contribution in [3.8, 4) is 11.5 Å². The van der Waals surface area contributed by atoms with E-state index in [0.29, 0.717) is 11.5 Å². The van der Waals surface area contributed by atoms with Gasteiger partial charge >= 0.3 is 0 Å². The first-order valence-electron chi connectivity index (χ1n) is 6.61. The van der Waals surface area contributed by atoms with E-state index in [2.05, 4.69) is 5.32 Å². The monoisotopic (exact) mass is 297 g/mol. The molecule has 1 amide bonds. The summed E-state index contributed by atoms with van der Waals surface area (Å²) in [6.07, 6.45) is 0.198. The fourth-order valence-corrected chi connectivity index (χ4v) is 1.89. The molecule has 0 aliphatic carbocycles. The molecule has 0 heterocycles. The summed E-state index contributed by atoms with van der Waals surface area (Å²) < 4.78 is 15.2. The van der Waals surface area contributed by atoms with E-state index < -0.39 is 5.60 Å². The molecule has 1 aromatic rings. The molecule has 0 aliphatic heterocycles. The van der Waals surface area contributed by atoms with Gasteiger partial charge in [0.05, 0.1) is 27.2 Å². The van der Waals surface area contributed by atoms with Crippen LogP contribution in [-0.4, -0.2) is 51.1 Å². The maximum absolute atomic E-state index is 11.9. The van der Waals surface area contributed by atoms with Gasteiger partial charge in [-0.05, 0) is 24.6 Å². The molecule has 1 aromatic carbocycles. The van der Waals surface area contributed by atoms with Crippen LogP contribution in [0.25, 0.3) is 0 Å². The largest absolute Gasteiger partial charge is 0.493 e. The Hall–Kier alpha value is -1.79. The second-order valence-electron chi connectivity index (χ2n) is 5.07. The van der Waals surface area contributed by atoms with Gasteiger partial charge in [-0.3, -0.25) is 4.79 Å². The number of aliphatic hydroxyl groups is 1. The van der Waals surface area contributed by atoms with Gasteiger partial charge in [-0.2, -0.15) is 0 Å². The zero-order chi connectivity index (χ0) is 15.9. The van der Waals surface area contributed by atoms with Gasteiger partial charge in [-0.1, -0.05) is 6.07 Å². The normalized spacial score (nSPS) is 13.4. The predicted octanol–water partition coefficient (Wildman–Crippen LogP) is 0.760. The first-order chi connectivity index (χ1) is 9.91. The van der Waals surface area contributed by atoms with Crippen molar-refractivity contribution < 1.29 is 24.1 Å². The summed E-state index contributed by atoms with van der Waals surface area (Å²) in [5.41, 5.74) is -0.279. The van der Waals surface area contributed by atoms with E-state index in [4.69, 9.17) is 14.2 Å². The molecule has 0 spiro atoms. The minimum Gasteiger partial charge on any atom is -0.493 e. The molecule has 21 heavy (non-hydrogen) atoms. The quantitative estimate of drug-likeness (QED) is 0.741. The second-order valence-corrected chi connectivity index (χ2v) is 5.07. The van der Waals surface area contributed by atoms with E-state index in [9.17, 15) is 9.90 Å². The molecule has 0 saturated carbocycles. The molecule has 118 valence electrons. The van der Waals surface area contributed by atoms with Crippen molar-refractivity contribution >= 4 is 5.91 Å². The van der Waals surface area contributed by atoms with E-state index in [0.717, 1.165) is 5.56 Å². The molecule has 0 aliphatic rings. The number of carbonyl (C=O) groups excluding carboxylic acids is 1. The van der Waals surface area contributed by atoms with Crippen LogP contribution >= 0.6 is 0 Å². The van der Waals surface area contributed by atoms with Gasteiger partial charge in [0.2, 0.25) is 5.91 Å². The average Bonchev–Trinajstić information content (AvgIpc) is 2.45. The highest BCUT2D eigenvalue weighted by atomic mass is 16.5. The van der Waals surface area contributed by atoms with Crippen LogP contribution in [0, 0.1) is 0 Å². The van der Waals surface area contributed by atoms with Gasteiger partial charge in [0.25, 0.3) is 0 Å². The Kier molecular flexibility index (Phi) is 6.45. The van der Waals surface area contributed by atoms with Gasteiger partial charge in [0.15, 0.2) is 11.5 Å². The minimum absolute atomic E-state index is 0.132. The summed E-state index contributed by atoms with van der Waals surface area (Å²) in [6.45, 7) is 1.89. The Morgan fingerprint density at radius 1 is 1.24 bits per heavy atom. The number of carbonyl (C=O) groups is 1. The zero-order valence-corrected chi connectivity index (χ0v) is 12.9. The lowest BCUT2D eigenvalue weighted by atomic mass is 10.1. The van der Waals surface area contributed by atoms with Crippen molar-refractivity contribution in [2.75, 3.05) is 34.5 Å². The van der Waals surface area contributed by atoms with Gasteiger partial charge in [0.1, 0.15) is 5.60 Å². The maximum Gasteiger partial charge on any atom is 0.224 e. The number of methoxy groups -OCH3 is 3. The average molecular weight is 297 g/mol. The third-order valence-corrected chi connectivity index (χ3v) is 2.93. The highest BCUT2D eigenvalue weighted by Crippen LogP contribution is 2.27.